The van der Waals surface area contributed by atoms with Crippen molar-refractivity contribution in [3.63, 3.8) is 0 Å². The summed E-state index contributed by atoms with van der Waals surface area (Å²) in [6.45, 7) is 1.84. The molecule has 4 fully saturated rings. The van der Waals surface area contributed by atoms with Crippen LogP contribution >= 0.6 is 0 Å². The lowest BCUT2D eigenvalue weighted by atomic mass is 9.49. The van der Waals surface area contributed by atoms with E-state index in [4.69, 9.17) is 4.74 Å². The molecule has 2 amide bonds. The van der Waals surface area contributed by atoms with Crippen LogP contribution < -0.4 is 10.6 Å². The molecular formula is C23H30N2O4. The minimum atomic E-state index is -0.476. The van der Waals surface area contributed by atoms with Gasteiger partial charge in [-0.3, -0.25) is 14.4 Å². The zero-order chi connectivity index (χ0) is 20.4. The van der Waals surface area contributed by atoms with Crippen LogP contribution in [0.3, 0.4) is 0 Å². The van der Waals surface area contributed by atoms with Gasteiger partial charge in [-0.25, -0.2) is 0 Å². The second kappa shape index (κ2) is 8.17. The molecule has 0 radical (unpaired) electrons. The lowest BCUT2D eigenvalue weighted by molar-refractivity contribution is -0.148. The molecule has 6 heteroatoms. The lowest BCUT2D eigenvalue weighted by Crippen LogP contribution is -2.53. The number of carbonyl (C=O) groups is 3. The van der Waals surface area contributed by atoms with E-state index in [0.29, 0.717) is 23.4 Å². The highest BCUT2D eigenvalue weighted by Gasteiger charge is 2.54. The number of amides is 2. The molecule has 0 saturated heterocycles. The topological polar surface area (TPSA) is 84.5 Å². The molecule has 156 valence electrons. The van der Waals surface area contributed by atoms with Crippen LogP contribution in [0.2, 0.25) is 0 Å². The highest BCUT2D eigenvalue weighted by atomic mass is 16.5. The van der Waals surface area contributed by atoms with Crippen molar-refractivity contribution >= 4 is 23.5 Å². The van der Waals surface area contributed by atoms with Gasteiger partial charge in [0.1, 0.15) is 0 Å². The van der Waals surface area contributed by atoms with Crippen LogP contribution in [0.15, 0.2) is 24.3 Å². The number of aryl methyl sites for hydroxylation is 1. The van der Waals surface area contributed by atoms with Crippen LogP contribution in [0.5, 0.6) is 0 Å². The maximum absolute atomic E-state index is 12.9. The van der Waals surface area contributed by atoms with Crippen molar-refractivity contribution in [1.82, 2.24) is 5.32 Å². The van der Waals surface area contributed by atoms with Crippen molar-refractivity contribution in [2.75, 3.05) is 18.5 Å². The molecule has 4 aliphatic carbocycles. The summed E-state index contributed by atoms with van der Waals surface area (Å²) in [5.74, 6) is 1.40. The fraction of sp³-hybridized carbons (Fsp3) is 0.609. The summed E-state index contributed by atoms with van der Waals surface area (Å²) in [4.78, 5) is 36.7. The highest BCUT2D eigenvalue weighted by molar-refractivity contribution is 5.93. The highest BCUT2D eigenvalue weighted by Crippen LogP contribution is 2.60. The van der Waals surface area contributed by atoms with E-state index in [1.165, 1.54) is 19.3 Å². The third kappa shape index (κ3) is 4.46. The van der Waals surface area contributed by atoms with Gasteiger partial charge in [0.2, 0.25) is 5.91 Å². The summed E-state index contributed by atoms with van der Waals surface area (Å²) in [5, 5.41) is 5.69. The number of ether oxygens (including phenoxy) is 1. The van der Waals surface area contributed by atoms with E-state index in [-0.39, 0.29) is 36.8 Å². The predicted octanol–water partition coefficient (Wildman–Crippen LogP) is 3.20. The Kier molecular flexibility index (Phi) is 5.61. The minimum Gasteiger partial charge on any atom is -0.456 e. The summed E-state index contributed by atoms with van der Waals surface area (Å²) >= 11 is 0. The molecule has 1 aromatic carbocycles. The van der Waals surface area contributed by atoms with Crippen molar-refractivity contribution in [1.29, 1.82) is 0 Å². The number of hydrogen-bond donors (Lipinski definition) is 2. The number of hydrogen-bond acceptors (Lipinski definition) is 4. The molecule has 0 unspecified atom stereocenters. The van der Waals surface area contributed by atoms with Gasteiger partial charge in [-0.05, 0) is 74.8 Å². The predicted molar refractivity (Wildman–Crippen MR) is 109 cm³/mol. The standard InChI is InChI=1S/C23H30N2O4/c1-15-4-2-3-5-19(15)25-20(26)14-29-21(27)6-7-24-22(28)23-11-16-8-17(12-23)10-18(9-16)13-23/h2-5,16-18H,6-14H2,1H3,(H,24,28)(H,25,26). The average Bonchev–Trinajstić information content (AvgIpc) is 2.67. The Morgan fingerprint density at radius 1 is 1.03 bits per heavy atom. The number of nitrogens with one attached hydrogen (secondary N) is 2. The molecule has 4 saturated carbocycles. The first kappa shape index (κ1) is 19.9. The first-order valence-electron chi connectivity index (χ1n) is 10.7. The Hall–Kier alpha value is -2.37. The van der Waals surface area contributed by atoms with Crippen LogP contribution in [0, 0.1) is 30.1 Å². The van der Waals surface area contributed by atoms with E-state index in [2.05, 4.69) is 10.6 Å². The van der Waals surface area contributed by atoms with Crippen LogP contribution in [-0.4, -0.2) is 30.9 Å². The Morgan fingerprint density at radius 3 is 2.28 bits per heavy atom. The van der Waals surface area contributed by atoms with Crippen molar-refractivity contribution < 1.29 is 19.1 Å². The molecular weight excluding hydrogens is 368 g/mol. The fourth-order valence-electron chi connectivity index (χ4n) is 5.97. The van der Waals surface area contributed by atoms with Gasteiger partial charge in [0.05, 0.1) is 6.42 Å². The molecule has 0 spiro atoms. The van der Waals surface area contributed by atoms with Gasteiger partial charge < -0.3 is 15.4 Å². The molecule has 6 nitrogen and oxygen atoms in total. The third-order valence-electron chi connectivity index (χ3n) is 6.92. The molecule has 1 aromatic rings. The van der Waals surface area contributed by atoms with Crippen LogP contribution in [0.25, 0.3) is 0 Å². The van der Waals surface area contributed by atoms with Gasteiger partial charge in [0.25, 0.3) is 5.91 Å². The Morgan fingerprint density at radius 2 is 1.66 bits per heavy atom. The van der Waals surface area contributed by atoms with Gasteiger partial charge in [-0.2, -0.15) is 0 Å². The van der Waals surface area contributed by atoms with Crippen LogP contribution in [0.4, 0.5) is 5.69 Å². The molecule has 0 aromatic heterocycles. The number of para-hydroxylation sites is 1. The lowest BCUT2D eigenvalue weighted by Gasteiger charge is -2.55. The summed E-state index contributed by atoms with van der Waals surface area (Å²) < 4.78 is 5.04. The maximum atomic E-state index is 12.9. The van der Waals surface area contributed by atoms with E-state index in [0.717, 1.165) is 24.8 Å². The Balaban J connectivity index is 1.17. The van der Waals surface area contributed by atoms with E-state index in [1.54, 1.807) is 6.07 Å². The SMILES string of the molecule is Cc1ccccc1NC(=O)COC(=O)CCNC(=O)C12CC3CC(CC(C3)C1)C2. The maximum Gasteiger partial charge on any atom is 0.308 e. The van der Waals surface area contributed by atoms with E-state index >= 15 is 0 Å². The van der Waals surface area contributed by atoms with Gasteiger partial charge in [-0.15, -0.1) is 0 Å². The molecule has 0 heterocycles. The monoisotopic (exact) mass is 398 g/mol. The van der Waals surface area contributed by atoms with Crippen LogP contribution in [-0.2, 0) is 19.1 Å². The van der Waals surface area contributed by atoms with Gasteiger partial charge in [0, 0.05) is 17.6 Å². The molecule has 29 heavy (non-hydrogen) atoms. The number of anilines is 1. The number of rotatable bonds is 7. The van der Waals surface area contributed by atoms with E-state index in [1.807, 2.05) is 25.1 Å². The summed E-state index contributed by atoms with van der Waals surface area (Å²) in [6, 6.07) is 7.42. The number of carbonyl (C=O) groups excluding carboxylic acids is 3. The quantitative estimate of drug-likeness (QED) is 0.691. The molecule has 4 aliphatic rings. The number of esters is 1. The second-order valence-corrected chi connectivity index (χ2v) is 9.23. The smallest absolute Gasteiger partial charge is 0.308 e. The zero-order valence-electron chi connectivity index (χ0n) is 17.0. The largest absolute Gasteiger partial charge is 0.456 e. The van der Waals surface area contributed by atoms with E-state index < -0.39 is 5.97 Å². The van der Waals surface area contributed by atoms with Crippen molar-refractivity contribution in [2.45, 2.75) is 51.9 Å². The fourth-order valence-corrected chi connectivity index (χ4v) is 5.97. The molecule has 4 bridgehead atoms. The molecule has 0 aliphatic heterocycles. The summed E-state index contributed by atoms with van der Waals surface area (Å²) in [7, 11) is 0. The summed E-state index contributed by atoms with van der Waals surface area (Å²) in [6.07, 6.45) is 6.99. The Bertz CT molecular complexity index is 769. The van der Waals surface area contributed by atoms with Gasteiger partial charge in [-0.1, -0.05) is 18.2 Å². The first-order valence-corrected chi connectivity index (χ1v) is 10.7. The first-order chi connectivity index (χ1) is 13.9. The van der Waals surface area contributed by atoms with Crippen molar-refractivity contribution in [3.05, 3.63) is 29.8 Å². The normalized spacial score (nSPS) is 29.3. The van der Waals surface area contributed by atoms with Gasteiger partial charge in [0.15, 0.2) is 6.61 Å². The molecule has 2 N–H and O–H groups in total. The van der Waals surface area contributed by atoms with E-state index in [9.17, 15) is 14.4 Å². The minimum absolute atomic E-state index is 0.0791. The zero-order valence-corrected chi connectivity index (χ0v) is 17.0. The van der Waals surface area contributed by atoms with Gasteiger partial charge >= 0.3 is 5.97 Å². The average molecular weight is 399 g/mol. The molecule has 0 atom stereocenters. The Labute approximate surface area is 171 Å². The van der Waals surface area contributed by atoms with Crippen molar-refractivity contribution in [3.8, 4) is 0 Å². The third-order valence-corrected chi connectivity index (χ3v) is 6.92. The molecule has 5 rings (SSSR count). The van der Waals surface area contributed by atoms with Crippen molar-refractivity contribution in [2.24, 2.45) is 23.2 Å². The second-order valence-electron chi connectivity index (χ2n) is 9.23. The van der Waals surface area contributed by atoms with Crippen LogP contribution in [0.1, 0.15) is 50.5 Å². The summed E-state index contributed by atoms with van der Waals surface area (Å²) in [5.41, 5.74) is 1.45. The number of benzene rings is 1.